The van der Waals surface area contributed by atoms with Gasteiger partial charge in [0.2, 0.25) is 0 Å². The van der Waals surface area contributed by atoms with Crippen molar-refractivity contribution in [3.05, 3.63) is 46.6 Å². The number of hydrazone groups is 1. The molecule has 0 bridgehead atoms. The molecule has 4 nitrogen and oxygen atoms in total. The van der Waals surface area contributed by atoms with E-state index in [9.17, 15) is 26.7 Å². The summed E-state index contributed by atoms with van der Waals surface area (Å²) >= 11 is 5.85. The highest BCUT2D eigenvalue weighted by molar-refractivity contribution is 6.33. The quantitative estimate of drug-likeness (QED) is 0.562. The van der Waals surface area contributed by atoms with Crippen LogP contribution in [0.2, 0.25) is 5.02 Å². The van der Waals surface area contributed by atoms with Gasteiger partial charge < -0.3 is 10.3 Å². The fourth-order valence-corrected chi connectivity index (χ4v) is 3.71. The summed E-state index contributed by atoms with van der Waals surface area (Å²) in [6, 6.07) is 0.601. The van der Waals surface area contributed by atoms with Crippen LogP contribution >= 0.6 is 11.6 Å². The number of nitrogens with zero attached hydrogens (tertiary/aromatic N) is 2. The molecule has 2 aliphatic rings. The lowest BCUT2D eigenvalue weighted by Crippen LogP contribution is -2.46. The standard InChI is InChI=1S/C17H15ClF5N3O/c1-16(2)7-26(15(27)8-5-10(19)11(20)6-9(8)18)4-3-12-13(16)14(25-24-12)17(21,22)23/h3-6,12-13,24H,7H2,1-2H3/t12-,13?/m0/s1. The van der Waals surface area contributed by atoms with E-state index in [4.69, 9.17) is 11.6 Å². The molecule has 10 heteroatoms. The summed E-state index contributed by atoms with van der Waals surface area (Å²) in [5, 5.41) is 3.14. The Morgan fingerprint density at radius 3 is 2.56 bits per heavy atom. The van der Waals surface area contributed by atoms with Crippen LogP contribution in [0.1, 0.15) is 24.2 Å². The first-order chi connectivity index (χ1) is 12.4. The van der Waals surface area contributed by atoms with E-state index in [-0.39, 0.29) is 17.1 Å². The molecule has 1 aromatic carbocycles. The number of benzene rings is 1. The zero-order valence-corrected chi connectivity index (χ0v) is 15.0. The summed E-state index contributed by atoms with van der Waals surface area (Å²) in [5.41, 5.74) is 0.205. The van der Waals surface area contributed by atoms with Crippen molar-refractivity contribution in [1.29, 1.82) is 0 Å². The second-order valence-corrected chi connectivity index (χ2v) is 7.54. The summed E-state index contributed by atoms with van der Waals surface area (Å²) in [6.45, 7) is 3.06. The molecule has 0 saturated carbocycles. The summed E-state index contributed by atoms with van der Waals surface area (Å²) in [5.74, 6) is -4.21. The van der Waals surface area contributed by atoms with E-state index in [0.29, 0.717) is 12.1 Å². The largest absolute Gasteiger partial charge is 0.431 e. The molecule has 0 spiro atoms. The maximum atomic E-state index is 13.5. The molecule has 0 radical (unpaired) electrons. The fourth-order valence-electron chi connectivity index (χ4n) is 3.48. The third-order valence-electron chi connectivity index (χ3n) is 4.67. The molecule has 0 fully saturated rings. The molecular weight excluding hydrogens is 393 g/mol. The second-order valence-electron chi connectivity index (χ2n) is 7.14. The number of carbonyl (C=O) groups excluding carboxylic acids is 1. The van der Waals surface area contributed by atoms with Gasteiger partial charge in [-0.25, -0.2) is 8.78 Å². The van der Waals surface area contributed by atoms with Gasteiger partial charge in [-0.3, -0.25) is 4.79 Å². The molecule has 146 valence electrons. The average Bonchev–Trinajstić information content (AvgIpc) is 2.94. The molecule has 2 heterocycles. The molecule has 1 aromatic rings. The Bertz CT molecular complexity index is 850. The van der Waals surface area contributed by atoms with Gasteiger partial charge in [-0.1, -0.05) is 25.4 Å². The van der Waals surface area contributed by atoms with Crippen LogP contribution in [-0.4, -0.2) is 35.3 Å². The van der Waals surface area contributed by atoms with Crippen molar-refractivity contribution >= 4 is 23.2 Å². The highest BCUT2D eigenvalue weighted by Gasteiger charge is 2.53. The molecule has 2 atom stereocenters. The molecule has 2 aliphatic heterocycles. The maximum Gasteiger partial charge on any atom is 0.431 e. The summed E-state index contributed by atoms with van der Waals surface area (Å²) in [6.07, 6.45) is -1.90. The van der Waals surface area contributed by atoms with Gasteiger partial charge in [0.05, 0.1) is 16.6 Å². The third-order valence-corrected chi connectivity index (χ3v) is 4.99. The van der Waals surface area contributed by atoms with E-state index in [2.05, 4.69) is 10.5 Å². The van der Waals surface area contributed by atoms with Gasteiger partial charge in [-0.2, -0.15) is 18.3 Å². The molecular formula is C17H15ClF5N3O. The Balaban J connectivity index is 1.94. The Morgan fingerprint density at radius 2 is 1.93 bits per heavy atom. The van der Waals surface area contributed by atoms with Gasteiger partial charge in [0.15, 0.2) is 11.6 Å². The maximum absolute atomic E-state index is 13.5. The minimum atomic E-state index is -4.61. The van der Waals surface area contributed by atoms with Crippen LogP contribution in [0.5, 0.6) is 0 Å². The average molecular weight is 408 g/mol. The van der Waals surface area contributed by atoms with Crippen LogP contribution < -0.4 is 5.43 Å². The summed E-state index contributed by atoms with van der Waals surface area (Å²) < 4.78 is 66.6. The van der Waals surface area contributed by atoms with Crippen LogP contribution in [0, 0.1) is 23.0 Å². The molecule has 0 saturated heterocycles. The van der Waals surface area contributed by atoms with Crippen LogP contribution in [0.25, 0.3) is 0 Å². The van der Waals surface area contributed by atoms with Crippen LogP contribution in [0.3, 0.4) is 0 Å². The second kappa shape index (κ2) is 6.47. The predicted octanol–water partition coefficient (Wildman–Crippen LogP) is 4.12. The van der Waals surface area contributed by atoms with Crippen molar-refractivity contribution < 1.29 is 26.7 Å². The van der Waals surface area contributed by atoms with Gasteiger partial charge in [0.1, 0.15) is 5.71 Å². The van der Waals surface area contributed by atoms with E-state index in [1.165, 1.54) is 12.3 Å². The molecule has 3 rings (SSSR count). The lowest BCUT2D eigenvalue weighted by Gasteiger charge is -2.36. The zero-order chi connectivity index (χ0) is 20.1. The van der Waals surface area contributed by atoms with Crippen LogP contribution in [-0.2, 0) is 0 Å². The van der Waals surface area contributed by atoms with Crippen molar-refractivity contribution in [2.75, 3.05) is 6.54 Å². The van der Waals surface area contributed by atoms with Gasteiger partial charge in [-0.05, 0) is 23.6 Å². The molecule has 0 aliphatic carbocycles. The van der Waals surface area contributed by atoms with Crippen molar-refractivity contribution in [1.82, 2.24) is 10.3 Å². The lowest BCUT2D eigenvalue weighted by molar-refractivity contribution is -0.0651. The highest BCUT2D eigenvalue weighted by atomic mass is 35.5. The number of hydrogen-bond donors (Lipinski definition) is 1. The van der Waals surface area contributed by atoms with Crippen molar-refractivity contribution in [3.8, 4) is 0 Å². The van der Waals surface area contributed by atoms with Gasteiger partial charge in [0.25, 0.3) is 5.91 Å². The predicted molar refractivity (Wildman–Crippen MR) is 89.2 cm³/mol. The number of fused-ring (bicyclic) bond motifs is 1. The number of rotatable bonds is 1. The van der Waals surface area contributed by atoms with E-state index < -0.39 is 46.8 Å². The number of nitrogens with one attached hydrogen (secondary N) is 1. The molecule has 1 unspecified atom stereocenters. The highest BCUT2D eigenvalue weighted by Crippen LogP contribution is 2.41. The summed E-state index contributed by atoms with van der Waals surface area (Å²) in [7, 11) is 0. The molecule has 1 N–H and O–H groups in total. The number of alkyl halides is 3. The molecule has 27 heavy (non-hydrogen) atoms. The zero-order valence-electron chi connectivity index (χ0n) is 14.2. The third kappa shape index (κ3) is 3.52. The topological polar surface area (TPSA) is 44.7 Å². The number of carbonyl (C=O) groups is 1. The van der Waals surface area contributed by atoms with Crippen molar-refractivity contribution in [3.63, 3.8) is 0 Å². The SMILES string of the molecule is CC1(C)CN(C(=O)c2cc(F)c(F)cc2Cl)C=C[C@@H]2NN=C(C(F)(F)F)C21. The van der Waals surface area contributed by atoms with Gasteiger partial charge in [0, 0.05) is 18.7 Å². The van der Waals surface area contributed by atoms with Gasteiger partial charge in [-0.15, -0.1) is 0 Å². The van der Waals surface area contributed by atoms with E-state index in [0.717, 1.165) is 4.90 Å². The number of halogens is 6. The molecule has 1 amide bonds. The smallest absolute Gasteiger partial charge is 0.315 e. The first-order valence-corrected chi connectivity index (χ1v) is 8.34. The first kappa shape index (κ1) is 19.6. The Kier molecular flexibility index (Phi) is 4.70. The fraction of sp³-hybridized carbons (Fsp3) is 0.412. The number of hydrogen-bond acceptors (Lipinski definition) is 3. The Labute approximate surface area is 156 Å². The monoisotopic (exact) mass is 407 g/mol. The van der Waals surface area contributed by atoms with E-state index >= 15 is 0 Å². The van der Waals surface area contributed by atoms with Crippen molar-refractivity contribution in [2.24, 2.45) is 16.4 Å². The Morgan fingerprint density at radius 1 is 1.30 bits per heavy atom. The normalized spacial score (nSPS) is 24.1. The van der Waals surface area contributed by atoms with E-state index in [1.807, 2.05) is 0 Å². The Hall–Kier alpha value is -2.16. The minimum Gasteiger partial charge on any atom is -0.315 e. The van der Waals surface area contributed by atoms with Crippen LogP contribution in [0.4, 0.5) is 22.0 Å². The first-order valence-electron chi connectivity index (χ1n) is 7.96. The van der Waals surface area contributed by atoms with Gasteiger partial charge >= 0.3 is 6.18 Å². The lowest BCUT2D eigenvalue weighted by atomic mass is 9.72. The van der Waals surface area contributed by atoms with Crippen LogP contribution in [0.15, 0.2) is 29.5 Å². The van der Waals surface area contributed by atoms with E-state index in [1.54, 1.807) is 13.8 Å². The number of amides is 1. The van der Waals surface area contributed by atoms with Crippen molar-refractivity contribution in [2.45, 2.75) is 26.1 Å². The minimum absolute atomic E-state index is 0.102. The summed E-state index contributed by atoms with van der Waals surface area (Å²) in [4.78, 5) is 13.9. The molecule has 0 aromatic heterocycles.